The molecule has 0 atom stereocenters. The summed E-state index contributed by atoms with van der Waals surface area (Å²) >= 11 is 1.41. The molecule has 3 rings (SSSR count). The molecule has 0 unspecified atom stereocenters. The predicted octanol–water partition coefficient (Wildman–Crippen LogP) is 2.99. The van der Waals surface area contributed by atoms with Crippen LogP contribution in [-0.2, 0) is 11.2 Å². The van der Waals surface area contributed by atoms with Gasteiger partial charge in [-0.2, -0.15) is 0 Å². The third-order valence-corrected chi connectivity index (χ3v) is 4.45. The summed E-state index contributed by atoms with van der Waals surface area (Å²) in [5, 5.41) is 0.704. The maximum Gasteiger partial charge on any atom is 0.229 e. The number of hydrogen-bond acceptors (Lipinski definition) is 3. The monoisotopic (exact) mass is 278 g/mol. The standard InChI is InChI=1S/C14H15FN2OS/c15-10-5-4-6-11-14(10)16-12(19-11)9-13(18)17-7-2-1-3-8-17/h4-6H,1-3,7-9H2. The number of hydrogen-bond donors (Lipinski definition) is 0. The zero-order valence-corrected chi connectivity index (χ0v) is 11.4. The maximum absolute atomic E-state index is 13.5. The summed E-state index contributed by atoms with van der Waals surface area (Å²) in [6.45, 7) is 1.69. The molecule has 1 amide bonds. The van der Waals surface area contributed by atoms with Gasteiger partial charge in [0.05, 0.1) is 11.1 Å². The van der Waals surface area contributed by atoms with E-state index in [0.29, 0.717) is 16.9 Å². The molecule has 5 heteroatoms. The van der Waals surface area contributed by atoms with Crippen molar-refractivity contribution < 1.29 is 9.18 Å². The van der Waals surface area contributed by atoms with Gasteiger partial charge in [-0.3, -0.25) is 4.79 Å². The number of fused-ring (bicyclic) bond motifs is 1. The van der Waals surface area contributed by atoms with Gasteiger partial charge in [0.2, 0.25) is 5.91 Å². The molecule has 3 nitrogen and oxygen atoms in total. The fraction of sp³-hybridized carbons (Fsp3) is 0.429. The van der Waals surface area contributed by atoms with Crippen LogP contribution in [0.5, 0.6) is 0 Å². The van der Waals surface area contributed by atoms with E-state index in [2.05, 4.69) is 4.98 Å². The average Bonchev–Trinajstić information content (AvgIpc) is 2.84. The van der Waals surface area contributed by atoms with Crippen LogP contribution in [0, 0.1) is 5.82 Å². The van der Waals surface area contributed by atoms with E-state index >= 15 is 0 Å². The van der Waals surface area contributed by atoms with E-state index in [1.807, 2.05) is 11.0 Å². The molecule has 1 fully saturated rings. The van der Waals surface area contributed by atoms with Crippen molar-refractivity contribution in [1.29, 1.82) is 0 Å². The van der Waals surface area contributed by atoms with Gasteiger partial charge in [0.15, 0.2) is 0 Å². The number of para-hydroxylation sites is 1. The molecule has 0 bridgehead atoms. The van der Waals surface area contributed by atoms with Crippen LogP contribution < -0.4 is 0 Å². The Morgan fingerprint density at radius 1 is 1.32 bits per heavy atom. The fourth-order valence-corrected chi connectivity index (χ4v) is 3.39. The van der Waals surface area contributed by atoms with E-state index in [1.165, 1.54) is 23.8 Å². The Bertz CT molecular complexity index is 605. The first-order valence-corrected chi connectivity index (χ1v) is 7.37. The fourth-order valence-electron chi connectivity index (χ4n) is 2.42. The summed E-state index contributed by atoms with van der Waals surface area (Å²) in [4.78, 5) is 18.3. The van der Waals surface area contributed by atoms with Gasteiger partial charge < -0.3 is 4.90 Å². The first-order valence-electron chi connectivity index (χ1n) is 6.56. The molecule has 2 aromatic rings. The second-order valence-corrected chi connectivity index (χ2v) is 5.93. The molecule has 1 aromatic heterocycles. The van der Waals surface area contributed by atoms with Crippen LogP contribution in [0.4, 0.5) is 4.39 Å². The summed E-state index contributed by atoms with van der Waals surface area (Å²) < 4.78 is 14.3. The topological polar surface area (TPSA) is 33.2 Å². The van der Waals surface area contributed by atoms with Crippen molar-refractivity contribution in [2.24, 2.45) is 0 Å². The number of benzene rings is 1. The third kappa shape index (κ3) is 2.61. The van der Waals surface area contributed by atoms with Crippen LogP contribution in [0.3, 0.4) is 0 Å². The van der Waals surface area contributed by atoms with Crippen LogP contribution in [-0.4, -0.2) is 28.9 Å². The van der Waals surface area contributed by atoms with E-state index < -0.39 is 0 Å². The number of halogens is 1. The zero-order chi connectivity index (χ0) is 13.2. The van der Waals surface area contributed by atoms with Crippen LogP contribution in [0.2, 0.25) is 0 Å². The number of amides is 1. The lowest BCUT2D eigenvalue weighted by Gasteiger charge is -2.26. The number of piperidine rings is 1. The minimum atomic E-state index is -0.314. The molecular weight excluding hydrogens is 263 g/mol. The van der Waals surface area contributed by atoms with Crippen molar-refractivity contribution in [3.8, 4) is 0 Å². The predicted molar refractivity (Wildman–Crippen MR) is 73.7 cm³/mol. The summed E-state index contributed by atoms with van der Waals surface area (Å²) in [5.41, 5.74) is 0.383. The summed E-state index contributed by atoms with van der Waals surface area (Å²) in [7, 11) is 0. The van der Waals surface area contributed by atoms with Crippen molar-refractivity contribution >= 4 is 27.5 Å². The lowest BCUT2D eigenvalue weighted by Crippen LogP contribution is -2.36. The van der Waals surface area contributed by atoms with E-state index in [9.17, 15) is 9.18 Å². The minimum absolute atomic E-state index is 0.110. The number of rotatable bonds is 2. The first-order chi connectivity index (χ1) is 9.24. The van der Waals surface area contributed by atoms with Crippen molar-refractivity contribution in [3.63, 3.8) is 0 Å². The summed E-state index contributed by atoms with van der Waals surface area (Å²) in [6, 6.07) is 4.91. The molecule has 1 aliphatic rings. The van der Waals surface area contributed by atoms with Crippen molar-refractivity contribution in [3.05, 3.63) is 29.0 Å². The molecular formula is C14H15FN2OS. The molecule has 0 spiro atoms. The van der Waals surface area contributed by atoms with Gasteiger partial charge in [0, 0.05) is 13.1 Å². The van der Waals surface area contributed by atoms with Crippen molar-refractivity contribution in [2.75, 3.05) is 13.1 Å². The highest BCUT2D eigenvalue weighted by Gasteiger charge is 2.18. The number of aromatic nitrogens is 1. The van der Waals surface area contributed by atoms with Gasteiger partial charge in [0.1, 0.15) is 16.3 Å². The van der Waals surface area contributed by atoms with Crippen molar-refractivity contribution in [2.45, 2.75) is 25.7 Å². The molecule has 1 aliphatic heterocycles. The molecule has 2 heterocycles. The smallest absolute Gasteiger partial charge is 0.229 e. The minimum Gasteiger partial charge on any atom is -0.342 e. The lowest BCUT2D eigenvalue weighted by molar-refractivity contribution is -0.131. The van der Waals surface area contributed by atoms with Gasteiger partial charge in [-0.15, -0.1) is 11.3 Å². The highest BCUT2D eigenvalue weighted by Crippen LogP contribution is 2.25. The number of carbonyl (C=O) groups excluding carboxylic acids is 1. The zero-order valence-electron chi connectivity index (χ0n) is 10.6. The average molecular weight is 278 g/mol. The van der Waals surface area contributed by atoms with Gasteiger partial charge in [-0.05, 0) is 31.4 Å². The van der Waals surface area contributed by atoms with Gasteiger partial charge >= 0.3 is 0 Å². The number of carbonyl (C=O) groups is 1. The van der Waals surface area contributed by atoms with Gasteiger partial charge in [-0.25, -0.2) is 9.37 Å². The highest BCUT2D eigenvalue weighted by molar-refractivity contribution is 7.18. The SMILES string of the molecule is O=C(Cc1nc2c(F)cccc2s1)N1CCCCC1. The normalized spacial score (nSPS) is 15.9. The highest BCUT2D eigenvalue weighted by atomic mass is 32.1. The van der Waals surface area contributed by atoms with Gasteiger partial charge in [-0.1, -0.05) is 6.07 Å². The largest absolute Gasteiger partial charge is 0.342 e. The quantitative estimate of drug-likeness (QED) is 0.846. The van der Waals surface area contributed by atoms with Crippen LogP contribution >= 0.6 is 11.3 Å². The van der Waals surface area contributed by atoms with E-state index in [-0.39, 0.29) is 11.7 Å². The molecule has 0 radical (unpaired) electrons. The molecule has 1 aromatic carbocycles. The molecule has 1 saturated heterocycles. The second-order valence-electron chi connectivity index (χ2n) is 4.81. The van der Waals surface area contributed by atoms with Gasteiger partial charge in [0.25, 0.3) is 0 Å². The third-order valence-electron chi connectivity index (χ3n) is 3.43. The van der Waals surface area contributed by atoms with E-state index in [4.69, 9.17) is 0 Å². The van der Waals surface area contributed by atoms with Crippen molar-refractivity contribution in [1.82, 2.24) is 9.88 Å². The van der Waals surface area contributed by atoms with Crippen LogP contribution in [0.25, 0.3) is 10.2 Å². The van der Waals surface area contributed by atoms with E-state index in [1.54, 1.807) is 6.07 Å². The Labute approximate surface area is 115 Å². The Hall–Kier alpha value is -1.49. The maximum atomic E-state index is 13.5. The van der Waals surface area contributed by atoms with Crippen LogP contribution in [0.1, 0.15) is 24.3 Å². The molecule has 0 saturated carbocycles. The first kappa shape index (κ1) is 12.5. The molecule has 19 heavy (non-hydrogen) atoms. The molecule has 100 valence electrons. The van der Waals surface area contributed by atoms with Crippen LogP contribution in [0.15, 0.2) is 18.2 Å². The Kier molecular flexibility index (Phi) is 3.46. The Morgan fingerprint density at radius 3 is 2.84 bits per heavy atom. The lowest BCUT2D eigenvalue weighted by atomic mass is 10.1. The number of nitrogens with zero attached hydrogens (tertiary/aromatic N) is 2. The van der Waals surface area contributed by atoms with E-state index in [0.717, 1.165) is 30.6 Å². The second kappa shape index (κ2) is 5.25. The summed E-state index contributed by atoms with van der Waals surface area (Å²) in [5.74, 6) is -0.204. The Morgan fingerprint density at radius 2 is 2.11 bits per heavy atom. The molecule has 0 aliphatic carbocycles. The number of thiazole rings is 1. The molecule has 0 N–H and O–H groups in total. The number of likely N-dealkylation sites (tertiary alicyclic amines) is 1. The summed E-state index contributed by atoms with van der Waals surface area (Å²) in [6.07, 6.45) is 3.66. The Balaban J connectivity index is 1.77.